The highest BCUT2D eigenvalue weighted by molar-refractivity contribution is 6.03. The number of nitrogens with one attached hydrogen (secondary N) is 1. The Morgan fingerprint density at radius 2 is 1.49 bits per heavy atom. The van der Waals surface area contributed by atoms with Gasteiger partial charge in [-0.15, -0.1) is 0 Å². The summed E-state index contributed by atoms with van der Waals surface area (Å²) in [5.74, 6) is -10.2. The first-order valence-corrected chi connectivity index (χ1v) is 16.8. The summed E-state index contributed by atoms with van der Waals surface area (Å²) >= 11 is 0. The summed E-state index contributed by atoms with van der Waals surface area (Å²) in [5.41, 5.74) is -0.610. The molecule has 0 saturated heterocycles. The van der Waals surface area contributed by atoms with Crippen LogP contribution in [-0.4, -0.2) is 81.7 Å². The van der Waals surface area contributed by atoms with Crippen molar-refractivity contribution in [3.05, 3.63) is 114 Å². The molecule has 0 atom stereocenters. The van der Waals surface area contributed by atoms with Gasteiger partial charge in [0.2, 0.25) is 0 Å². The monoisotopic (exact) mass is 818 g/mol. The Labute approximate surface area is 332 Å². The number of allylic oxidation sites excluding steroid dienone is 2. The number of carboxylic acids is 2. The Balaban J connectivity index is 0.000000273. The number of methoxy groups -OCH3 is 2. The summed E-state index contributed by atoms with van der Waals surface area (Å²) < 4.78 is 25.6. The molecule has 0 unspecified atom stereocenters. The van der Waals surface area contributed by atoms with Crippen LogP contribution in [0.15, 0.2) is 65.0 Å². The largest absolute Gasteiger partial charge is 0.507 e. The standard InChI is InChI=1S/C22H16O12.C17H18N2O6/c1-8-5-12(24)10(6-23)19-15(8)22(31)34-20-11(7-32-14(27)4-3-13(25)26)17(28)16(21(29)30)9(2)18(20)33-19;1-9-13(16(20)24-3)15(14(10(2)18-9)17(21)25-4)11-7-5-6-8-12(11)19(22)23/h3-6,24,28H,7H2,1-2H3,(H,25,26)(H,29,30);5-8,15,18H,1-4H3. The number of carboxylic acid groups (broad SMARTS) is 2. The van der Waals surface area contributed by atoms with E-state index in [0.29, 0.717) is 23.5 Å². The van der Waals surface area contributed by atoms with Gasteiger partial charge in [-0.3, -0.25) is 14.9 Å². The van der Waals surface area contributed by atoms with Gasteiger partial charge < -0.3 is 49.4 Å². The molecule has 20 nitrogen and oxygen atoms in total. The zero-order valence-electron chi connectivity index (χ0n) is 31.9. The van der Waals surface area contributed by atoms with Gasteiger partial charge in [0, 0.05) is 40.7 Å². The van der Waals surface area contributed by atoms with E-state index in [4.69, 9.17) is 28.8 Å². The third-order valence-corrected chi connectivity index (χ3v) is 8.88. The van der Waals surface area contributed by atoms with Crippen molar-refractivity contribution in [2.45, 2.75) is 40.2 Å². The van der Waals surface area contributed by atoms with Crippen LogP contribution in [0, 0.1) is 24.0 Å². The SMILES string of the molecule is COC(=O)C1=C(C)NC(C)=C(C(=O)OC)C1c1ccccc1[N+](=O)[O-].Cc1cc(O)c(C=O)c2c1C(=O)Oc1c(COC(=O)C=CC(=O)O)c(O)c(C(=O)O)c(C)c1O2. The van der Waals surface area contributed by atoms with E-state index >= 15 is 0 Å². The number of carbonyl (C=O) groups excluding carboxylic acids is 5. The number of phenolic OH excluding ortho intramolecular Hbond substituents is 1. The van der Waals surface area contributed by atoms with E-state index < -0.39 is 93.0 Å². The summed E-state index contributed by atoms with van der Waals surface area (Å²) in [5, 5.41) is 53.3. The number of phenols is 2. The number of nitro groups is 1. The lowest BCUT2D eigenvalue weighted by molar-refractivity contribution is -0.385. The maximum atomic E-state index is 12.9. The number of para-hydroxylation sites is 1. The van der Waals surface area contributed by atoms with Gasteiger partial charge in [-0.1, -0.05) is 18.2 Å². The number of aldehydes is 1. The summed E-state index contributed by atoms with van der Waals surface area (Å²) in [6.07, 6.45) is 1.30. The molecule has 20 heteroatoms. The number of fused-ring (bicyclic) bond motifs is 2. The molecule has 59 heavy (non-hydrogen) atoms. The molecule has 0 radical (unpaired) electrons. The highest BCUT2D eigenvalue weighted by Gasteiger charge is 2.41. The molecule has 5 N–H and O–H groups in total. The normalized spacial score (nSPS) is 13.3. The molecule has 0 aliphatic carbocycles. The third-order valence-electron chi connectivity index (χ3n) is 8.88. The number of hydrogen-bond acceptors (Lipinski definition) is 17. The summed E-state index contributed by atoms with van der Waals surface area (Å²) in [6, 6.07) is 7.10. The average molecular weight is 819 g/mol. The van der Waals surface area contributed by atoms with E-state index in [9.17, 15) is 59.0 Å². The minimum atomic E-state index is -1.60. The van der Waals surface area contributed by atoms with Crippen LogP contribution in [0.1, 0.15) is 73.1 Å². The van der Waals surface area contributed by atoms with E-state index in [2.05, 4.69) is 5.32 Å². The molecule has 3 aromatic carbocycles. The van der Waals surface area contributed by atoms with Crippen LogP contribution in [0.4, 0.5) is 5.69 Å². The lowest BCUT2D eigenvalue weighted by Gasteiger charge is -2.29. The van der Waals surface area contributed by atoms with Crippen LogP contribution >= 0.6 is 0 Å². The number of nitro benzene ring substituents is 1. The number of aromatic hydroxyl groups is 2. The minimum Gasteiger partial charge on any atom is -0.507 e. The van der Waals surface area contributed by atoms with Gasteiger partial charge in [0.05, 0.1) is 47.3 Å². The van der Waals surface area contributed by atoms with Crippen molar-refractivity contribution in [3.8, 4) is 28.7 Å². The van der Waals surface area contributed by atoms with Gasteiger partial charge in [0.25, 0.3) is 5.69 Å². The van der Waals surface area contributed by atoms with E-state index in [1.807, 2.05) is 0 Å². The zero-order valence-corrected chi connectivity index (χ0v) is 31.9. The van der Waals surface area contributed by atoms with Gasteiger partial charge in [-0.2, -0.15) is 0 Å². The average Bonchev–Trinajstić information content (AvgIpc) is 3.32. The van der Waals surface area contributed by atoms with Crippen LogP contribution in [0.25, 0.3) is 0 Å². The van der Waals surface area contributed by atoms with Crippen LogP contribution in [0.2, 0.25) is 0 Å². The van der Waals surface area contributed by atoms with E-state index in [1.54, 1.807) is 19.9 Å². The molecular formula is C39H34N2O18. The van der Waals surface area contributed by atoms with Crippen LogP contribution in [0.3, 0.4) is 0 Å². The fourth-order valence-electron chi connectivity index (χ4n) is 6.28. The van der Waals surface area contributed by atoms with Gasteiger partial charge >= 0.3 is 35.8 Å². The molecule has 0 fully saturated rings. The van der Waals surface area contributed by atoms with Crippen LogP contribution in [-0.2, 0) is 40.0 Å². The molecule has 0 bridgehead atoms. The van der Waals surface area contributed by atoms with Gasteiger partial charge in [-0.05, 0) is 39.3 Å². The van der Waals surface area contributed by atoms with E-state index in [0.717, 1.165) is 6.07 Å². The number of ether oxygens (including phenoxy) is 5. The first-order valence-electron chi connectivity index (χ1n) is 16.8. The fraction of sp³-hybridized carbons (Fsp3) is 0.205. The molecule has 0 aromatic heterocycles. The second-order valence-corrected chi connectivity index (χ2v) is 12.4. The molecular weight excluding hydrogens is 784 g/mol. The van der Waals surface area contributed by atoms with Crippen LogP contribution in [0.5, 0.6) is 28.7 Å². The van der Waals surface area contributed by atoms with E-state index in [1.165, 1.54) is 46.3 Å². The third kappa shape index (κ3) is 8.70. The number of carbonyl (C=O) groups is 7. The zero-order chi connectivity index (χ0) is 44.0. The van der Waals surface area contributed by atoms with E-state index in [-0.39, 0.29) is 51.1 Å². The summed E-state index contributed by atoms with van der Waals surface area (Å²) in [4.78, 5) is 94.2. The number of hydrogen-bond donors (Lipinski definition) is 5. The highest BCUT2D eigenvalue weighted by atomic mass is 16.6. The molecule has 3 aromatic rings. The molecule has 2 aliphatic heterocycles. The molecule has 5 rings (SSSR count). The Hall–Kier alpha value is -8.03. The fourth-order valence-corrected chi connectivity index (χ4v) is 6.28. The summed E-state index contributed by atoms with van der Waals surface area (Å²) in [6.45, 7) is 5.12. The maximum absolute atomic E-state index is 12.9. The number of aromatic carboxylic acids is 1. The number of aryl methyl sites for hydroxylation is 1. The Morgan fingerprint density at radius 3 is 2.02 bits per heavy atom. The number of aliphatic carboxylic acids is 1. The second kappa shape index (κ2) is 17.8. The van der Waals surface area contributed by atoms with Gasteiger partial charge in [0.15, 0.2) is 23.5 Å². The number of esters is 4. The predicted octanol–water partition coefficient (Wildman–Crippen LogP) is 4.41. The predicted molar refractivity (Wildman–Crippen MR) is 198 cm³/mol. The topological polar surface area (TPSA) is 302 Å². The lowest BCUT2D eigenvalue weighted by Crippen LogP contribution is -2.32. The van der Waals surface area contributed by atoms with Crippen molar-refractivity contribution in [1.29, 1.82) is 0 Å². The Kier molecular flexibility index (Phi) is 13.2. The Morgan fingerprint density at radius 1 is 0.898 bits per heavy atom. The van der Waals surface area contributed by atoms with Crippen LogP contribution < -0.4 is 14.8 Å². The van der Waals surface area contributed by atoms with Crippen molar-refractivity contribution in [1.82, 2.24) is 5.32 Å². The summed E-state index contributed by atoms with van der Waals surface area (Å²) in [7, 11) is 2.42. The van der Waals surface area contributed by atoms with Gasteiger partial charge in [0.1, 0.15) is 29.2 Å². The molecule has 308 valence electrons. The number of nitrogens with zero attached hydrogens (tertiary/aromatic N) is 1. The lowest BCUT2D eigenvalue weighted by atomic mass is 9.79. The first-order chi connectivity index (χ1) is 27.8. The molecule has 2 heterocycles. The highest BCUT2D eigenvalue weighted by Crippen LogP contribution is 2.50. The smallest absolute Gasteiger partial charge is 0.347 e. The molecule has 0 amide bonds. The van der Waals surface area contributed by atoms with Crippen molar-refractivity contribution < 1.29 is 82.6 Å². The first kappa shape index (κ1) is 43.7. The minimum absolute atomic E-state index is 0.128. The van der Waals surface area contributed by atoms with Crippen molar-refractivity contribution >= 4 is 47.8 Å². The molecule has 2 aliphatic rings. The second-order valence-electron chi connectivity index (χ2n) is 12.4. The molecule has 0 saturated carbocycles. The quantitative estimate of drug-likeness (QED) is 0.0360. The van der Waals surface area contributed by atoms with Crippen molar-refractivity contribution in [3.63, 3.8) is 0 Å². The molecule has 0 spiro atoms. The van der Waals surface area contributed by atoms with Crippen molar-refractivity contribution in [2.24, 2.45) is 0 Å². The van der Waals surface area contributed by atoms with Gasteiger partial charge in [-0.25, -0.2) is 28.8 Å². The van der Waals surface area contributed by atoms with Crippen molar-refractivity contribution in [2.75, 3.05) is 14.2 Å². The number of rotatable bonds is 10. The Bertz CT molecular complexity index is 2400. The number of benzene rings is 3. The maximum Gasteiger partial charge on any atom is 0.347 e. The number of dihydropyridines is 1.